The molecule has 4 aromatic rings. The Bertz CT molecular complexity index is 1410. The summed E-state index contributed by atoms with van der Waals surface area (Å²) in [4.78, 5) is 39.9. The van der Waals surface area contributed by atoms with E-state index in [1.165, 1.54) is 33.9 Å². The second-order valence-electron chi connectivity index (χ2n) is 7.45. The minimum Gasteiger partial charge on any atom is -0.350 e. The number of carbonyl (C=O) groups excluding carboxylic acids is 1. The van der Waals surface area contributed by atoms with Crippen molar-refractivity contribution in [1.82, 2.24) is 24.6 Å². The monoisotopic (exact) mass is 466 g/mol. The maximum Gasteiger partial charge on any atom is 0.288 e. The second-order valence-corrected chi connectivity index (χ2v) is 7.85. The lowest BCUT2D eigenvalue weighted by Crippen LogP contribution is -2.28. The molecular weight excluding hydrogens is 448 g/mol. The van der Waals surface area contributed by atoms with Gasteiger partial charge in [0.15, 0.2) is 5.65 Å². The number of rotatable bonds is 7. The van der Waals surface area contributed by atoms with Gasteiger partial charge in [-0.2, -0.15) is 5.10 Å². The fraction of sp³-hybridized carbons (Fsp3) is 0.182. The molecular formula is C22H19ClN6O4. The Labute approximate surface area is 192 Å². The van der Waals surface area contributed by atoms with Crippen molar-refractivity contribution < 1.29 is 9.72 Å². The number of amides is 1. The SMILES string of the molecule is Cc1ccc(Cn2cnc3c(cnn3CCNC(=O)c3ccc(Cl)c([N+](=O)[O-])c3)c2=O)cc1. The maximum absolute atomic E-state index is 12.8. The molecule has 0 saturated heterocycles. The van der Waals surface area contributed by atoms with Crippen LogP contribution < -0.4 is 10.9 Å². The summed E-state index contributed by atoms with van der Waals surface area (Å²) >= 11 is 5.78. The number of nitro groups is 1. The van der Waals surface area contributed by atoms with Crippen molar-refractivity contribution >= 4 is 34.2 Å². The number of fused-ring (bicyclic) bond motifs is 1. The van der Waals surface area contributed by atoms with Gasteiger partial charge in [0.25, 0.3) is 17.2 Å². The van der Waals surface area contributed by atoms with Crippen LogP contribution in [0.5, 0.6) is 0 Å². The van der Waals surface area contributed by atoms with Crippen molar-refractivity contribution in [1.29, 1.82) is 0 Å². The zero-order valence-electron chi connectivity index (χ0n) is 17.6. The predicted octanol–water partition coefficient (Wildman–Crippen LogP) is 2.94. The number of nitrogens with one attached hydrogen (secondary N) is 1. The van der Waals surface area contributed by atoms with Gasteiger partial charge in [0, 0.05) is 18.2 Å². The summed E-state index contributed by atoms with van der Waals surface area (Å²) in [7, 11) is 0. The first kappa shape index (κ1) is 22.2. The van der Waals surface area contributed by atoms with Gasteiger partial charge in [-0.3, -0.25) is 24.3 Å². The fourth-order valence-corrected chi connectivity index (χ4v) is 3.52. The molecule has 0 aliphatic heterocycles. The maximum atomic E-state index is 12.8. The third-order valence-electron chi connectivity index (χ3n) is 5.11. The number of hydrogen-bond acceptors (Lipinski definition) is 6. The number of benzene rings is 2. The number of nitro benzene ring substituents is 1. The van der Waals surface area contributed by atoms with E-state index in [-0.39, 0.29) is 34.9 Å². The molecule has 0 atom stereocenters. The van der Waals surface area contributed by atoms with Gasteiger partial charge in [-0.15, -0.1) is 0 Å². The lowest BCUT2D eigenvalue weighted by atomic mass is 10.1. The van der Waals surface area contributed by atoms with Crippen molar-refractivity contribution in [3.8, 4) is 0 Å². The van der Waals surface area contributed by atoms with E-state index in [9.17, 15) is 19.7 Å². The molecule has 2 aromatic carbocycles. The predicted molar refractivity (Wildman–Crippen MR) is 123 cm³/mol. The number of aryl methyl sites for hydroxylation is 1. The van der Waals surface area contributed by atoms with Crippen LogP contribution >= 0.6 is 11.6 Å². The van der Waals surface area contributed by atoms with Gasteiger partial charge in [0.1, 0.15) is 16.7 Å². The van der Waals surface area contributed by atoms with E-state index in [2.05, 4.69) is 15.4 Å². The van der Waals surface area contributed by atoms with Gasteiger partial charge < -0.3 is 5.32 Å². The van der Waals surface area contributed by atoms with Gasteiger partial charge in [-0.05, 0) is 24.6 Å². The van der Waals surface area contributed by atoms with Crippen molar-refractivity contribution in [2.24, 2.45) is 0 Å². The molecule has 11 heteroatoms. The second kappa shape index (κ2) is 9.21. The van der Waals surface area contributed by atoms with Crippen molar-refractivity contribution in [2.75, 3.05) is 6.54 Å². The Morgan fingerprint density at radius 1 is 1.21 bits per heavy atom. The summed E-state index contributed by atoms with van der Waals surface area (Å²) in [5.74, 6) is -0.486. The van der Waals surface area contributed by atoms with Crippen LogP contribution in [0.2, 0.25) is 5.02 Å². The van der Waals surface area contributed by atoms with E-state index in [1.54, 1.807) is 0 Å². The average Bonchev–Trinajstić information content (AvgIpc) is 3.21. The molecule has 0 unspecified atom stereocenters. The van der Waals surface area contributed by atoms with Gasteiger partial charge in [-0.1, -0.05) is 41.4 Å². The van der Waals surface area contributed by atoms with Crippen LogP contribution in [0.3, 0.4) is 0 Å². The minimum absolute atomic E-state index is 0.0429. The smallest absolute Gasteiger partial charge is 0.288 e. The molecule has 33 heavy (non-hydrogen) atoms. The average molecular weight is 467 g/mol. The largest absolute Gasteiger partial charge is 0.350 e. The fourth-order valence-electron chi connectivity index (χ4n) is 3.34. The Balaban J connectivity index is 1.44. The number of carbonyl (C=O) groups is 1. The van der Waals surface area contributed by atoms with Gasteiger partial charge in [-0.25, -0.2) is 9.67 Å². The Kier molecular flexibility index (Phi) is 6.18. The van der Waals surface area contributed by atoms with Crippen molar-refractivity contribution in [3.05, 3.63) is 97.2 Å². The Morgan fingerprint density at radius 3 is 2.70 bits per heavy atom. The van der Waals surface area contributed by atoms with Crippen molar-refractivity contribution in [3.63, 3.8) is 0 Å². The molecule has 0 spiro atoms. The standard InChI is InChI=1S/C22H19ClN6O4/c1-14-2-4-15(5-3-14)12-27-13-25-20-17(22(27)31)11-26-28(20)9-8-24-21(30)16-6-7-18(23)19(10-16)29(32)33/h2-7,10-11,13H,8-9,12H2,1H3,(H,24,30). The third-order valence-corrected chi connectivity index (χ3v) is 5.43. The minimum atomic E-state index is -0.647. The first-order valence-electron chi connectivity index (χ1n) is 10.0. The normalized spacial score (nSPS) is 11.0. The quantitative estimate of drug-likeness (QED) is 0.330. The molecule has 0 aliphatic rings. The van der Waals surface area contributed by atoms with Crippen LogP contribution in [-0.4, -0.2) is 36.7 Å². The Morgan fingerprint density at radius 2 is 1.97 bits per heavy atom. The molecule has 0 radical (unpaired) electrons. The number of nitrogens with zero attached hydrogens (tertiary/aromatic N) is 5. The highest BCUT2D eigenvalue weighted by atomic mass is 35.5. The van der Waals surface area contributed by atoms with Crippen LogP contribution in [0.25, 0.3) is 11.0 Å². The summed E-state index contributed by atoms with van der Waals surface area (Å²) in [6.07, 6.45) is 2.94. The lowest BCUT2D eigenvalue weighted by Gasteiger charge is -2.08. The lowest BCUT2D eigenvalue weighted by molar-refractivity contribution is -0.384. The van der Waals surface area contributed by atoms with E-state index in [1.807, 2.05) is 31.2 Å². The molecule has 0 aliphatic carbocycles. The summed E-state index contributed by atoms with van der Waals surface area (Å²) in [5, 5.41) is 18.2. The van der Waals surface area contributed by atoms with E-state index < -0.39 is 10.8 Å². The van der Waals surface area contributed by atoms with Crippen LogP contribution in [0.15, 0.2) is 59.8 Å². The zero-order valence-corrected chi connectivity index (χ0v) is 18.3. The molecule has 0 bridgehead atoms. The van der Waals surface area contributed by atoms with Crippen LogP contribution in [0.4, 0.5) is 5.69 Å². The summed E-state index contributed by atoms with van der Waals surface area (Å²) in [6, 6.07) is 11.7. The first-order valence-corrected chi connectivity index (χ1v) is 10.4. The highest BCUT2D eigenvalue weighted by Gasteiger charge is 2.16. The summed E-state index contributed by atoms with van der Waals surface area (Å²) < 4.78 is 3.05. The van der Waals surface area contributed by atoms with Crippen LogP contribution in [0.1, 0.15) is 21.5 Å². The highest BCUT2D eigenvalue weighted by Crippen LogP contribution is 2.25. The molecule has 0 fully saturated rings. The van der Waals surface area contributed by atoms with E-state index in [4.69, 9.17) is 11.6 Å². The van der Waals surface area contributed by atoms with Gasteiger partial charge in [0.2, 0.25) is 0 Å². The molecule has 4 rings (SSSR count). The highest BCUT2D eigenvalue weighted by molar-refractivity contribution is 6.32. The van der Waals surface area contributed by atoms with E-state index in [0.29, 0.717) is 17.6 Å². The molecule has 168 valence electrons. The summed E-state index contributed by atoms with van der Waals surface area (Å²) in [5.41, 5.74) is 2.12. The summed E-state index contributed by atoms with van der Waals surface area (Å²) in [6.45, 7) is 2.84. The zero-order chi connectivity index (χ0) is 23.5. The number of hydrogen-bond donors (Lipinski definition) is 1. The first-order chi connectivity index (χ1) is 15.8. The molecule has 10 nitrogen and oxygen atoms in total. The van der Waals surface area contributed by atoms with Crippen LogP contribution in [-0.2, 0) is 13.1 Å². The third kappa shape index (κ3) is 4.75. The van der Waals surface area contributed by atoms with Gasteiger partial charge in [0.05, 0.1) is 24.2 Å². The van der Waals surface area contributed by atoms with Crippen molar-refractivity contribution in [2.45, 2.75) is 20.0 Å². The molecule has 2 heterocycles. The molecule has 2 aromatic heterocycles. The molecule has 1 amide bonds. The van der Waals surface area contributed by atoms with Gasteiger partial charge >= 0.3 is 0 Å². The number of aromatic nitrogens is 4. The Hall–Kier alpha value is -4.05. The molecule has 1 N–H and O–H groups in total. The van der Waals surface area contributed by atoms with Crippen LogP contribution in [0, 0.1) is 17.0 Å². The molecule has 0 saturated carbocycles. The topological polar surface area (TPSA) is 125 Å². The number of halogens is 1. The van der Waals surface area contributed by atoms with E-state index in [0.717, 1.165) is 17.2 Å². The van der Waals surface area contributed by atoms with E-state index >= 15 is 0 Å².